The lowest BCUT2D eigenvalue weighted by Crippen LogP contribution is -2.18. The Morgan fingerprint density at radius 1 is 1.25 bits per heavy atom. The number of amides is 2. The molecule has 0 bridgehead atoms. The van der Waals surface area contributed by atoms with E-state index in [1.807, 2.05) is 23.8 Å². The molecule has 0 aliphatic heterocycles. The Morgan fingerprint density at radius 3 is 2.79 bits per heavy atom. The van der Waals surface area contributed by atoms with E-state index in [0.29, 0.717) is 33.8 Å². The zero-order valence-corrected chi connectivity index (χ0v) is 14.7. The maximum atomic E-state index is 12.2. The number of aromatic nitrogens is 1. The van der Waals surface area contributed by atoms with E-state index in [1.165, 1.54) is 29.6 Å². The molecule has 0 saturated heterocycles. The highest BCUT2D eigenvalue weighted by Crippen LogP contribution is 2.27. The molecule has 2 amide bonds. The Balaban J connectivity index is 1.68. The minimum Gasteiger partial charge on any atom is -0.458 e. The van der Waals surface area contributed by atoms with E-state index in [9.17, 15) is 9.59 Å². The number of carbonyl (C=O) groups is 2. The van der Waals surface area contributed by atoms with E-state index in [4.69, 9.17) is 4.42 Å². The third-order valence-corrected chi connectivity index (χ3v) is 4.99. The minimum absolute atomic E-state index is 0.115. The zero-order chi connectivity index (χ0) is 17.1. The highest BCUT2D eigenvalue weighted by molar-refractivity contribution is 7.14. The van der Waals surface area contributed by atoms with Gasteiger partial charge in [0.05, 0.1) is 11.4 Å². The van der Waals surface area contributed by atoms with E-state index in [0.717, 1.165) is 5.56 Å². The first-order valence-corrected chi connectivity index (χ1v) is 8.93. The minimum atomic E-state index is -0.158. The smallest absolute Gasteiger partial charge is 0.267 e. The lowest BCUT2D eigenvalue weighted by atomic mass is 10.3. The maximum absolute atomic E-state index is 12.2. The van der Waals surface area contributed by atoms with Gasteiger partial charge in [0.15, 0.2) is 10.9 Å². The summed E-state index contributed by atoms with van der Waals surface area (Å²) in [4.78, 5) is 28.2. The molecule has 0 radical (unpaired) electrons. The summed E-state index contributed by atoms with van der Waals surface area (Å²) in [5, 5.41) is 9.69. The van der Waals surface area contributed by atoms with Crippen LogP contribution in [0.25, 0.3) is 11.5 Å². The highest BCUT2D eigenvalue weighted by Gasteiger charge is 2.14. The van der Waals surface area contributed by atoms with Gasteiger partial charge in [-0.15, -0.1) is 22.7 Å². The van der Waals surface area contributed by atoms with Crippen molar-refractivity contribution in [1.82, 2.24) is 10.3 Å². The van der Waals surface area contributed by atoms with Crippen LogP contribution in [0.4, 0.5) is 5.13 Å². The molecular formula is C16H15N3O3S2. The van der Waals surface area contributed by atoms with E-state index < -0.39 is 0 Å². The summed E-state index contributed by atoms with van der Waals surface area (Å²) in [6.45, 7) is 3.69. The zero-order valence-electron chi connectivity index (χ0n) is 13.1. The van der Waals surface area contributed by atoms with Crippen LogP contribution in [-0.2, 0) is 11.3 Å². The molecule has 0 fully saturated rings. The molecule has 24 heavy (non-hydrogen) atoms. The van der Waals surface area contributed by atoms with Gasteiger partial charge in [0.2, 0.25) is 5.91 Å². The number of thiazole rings is 1. The fraction of sp³-hybridized carbons (Fsp3) is 0.188. The number of hydrogen-bond acceptors (Lipinski definition) is 6. The number of thiophene rings is 1. The number of anilines is 1. The van der Waals surface area contributed by atoms with Gasteiger partial charge in [-0.2, -0.15) is 0 Å². The molecule has 3 aromatic heterocycles. The SMILES string of the molecule is CC(=O)NCc1ccc(-c2csc(NC(=O)c3sccc3C)n2)o1. The molecule has 3 heterocycles. The van der Waals surface area contributed by atoms with Gasteiger partial charge in [0.25, 0.3) is 5.91 Å². The molecule has 6 nitrogen and oxygen atoms in total. The van der Waals surface area contributed by atoms with Gasteiger partial charge in [-0.3, -0.25) is 14.9 Å². The Kier molecular flexibility index (Phi) is 4.77. The summed E-state index contributed by atoms with van der Waals surface area (Å²) in [5.74, 6) is 0.970. The number of hydrogen-bond donors (Lipinski definition) is 2. The van der Waals surface area contributed by atoms with E-state index in [-0.39, 0.29) is 11.8 Å². The highest BCUT2D eigenvalue weighted by atomic mass is 32.1. The second kappa shape index (κ2) is 6.98. The molecule has 124 valence electrons. The summed E-state index contributed by atoms with van der Waals surface area (Å²) < 4.78 is 5.65. The molecule has 0 unspecified atom stereocenters. The summed E-state index contributed by atoms with van der Waals surface area (Å²) in [7, 11) is 0. The Labute approximate surface area is 146 Å². The second-order valence-electron chi connectivity index (χ2n) is 5.10. The summed E-state index contributed by atoms with van der Waals surface area (Å²) in [5.41, 5.74) is 1.59. The maximum Gasteiger partial charge on any atom is 0.267 e. The van der Waals surface area contributed by atoms with Crippen molar-refractivity contribution in [3.05, 3.63) is 45.2 Å². The molecule has 0 aliphatic rings. The Morgan fingerprint density at radius 2 is 2.08 bits per heavy atom. The van der Waals surface area contributed by atoms with Crippen LogP contribution < -0.4 is 10.6 Å². The summed E-state index contributed by atoms with van der Waals surface area (Å²) in [6, 6.07) is 5.49. The monoisotopic (exact) mass is 361 g/mol. The fourth-order valence-electron chi connectivity index (χ4n) is 2.03. The van der Waals surface area contributed by atoms with Crippen LogP contribution >= 0.6 is 22.7 Å². The van der Waals surface area contributed by atoms with Gasteiger partial charge in [0.1, 0.15) is 11.5 Å². The Bertz CT molecular complexity index is 879. The van der Waals surface area contributed by atoms with Gasteiger partial charge in [-0.1, -0.05) is 0 Å². The van der Waals surface area contributed by atoms with Crippen LogP contribution in [-0.4, -0.2) is 16.8 Å². The number of nitrogens with one attached hydrogen (secondary N) is 2. The molecule has 2 N–H and O–H groups in total. The third kappa shape index (κ3) is 3.72. The van der Waals surface area contributed by atoms with Crippen molar-refractivity contribution < 1.29 is 14.0 Å². The predicted octanol–water partition coefficient (Wildman–Crippen LogP) is 3.66. The van der Waals surface area contributed by atoms with Crippen LogP contribution in [0.2, 0.25) is 0 Å². The molecular weight excluding hydrogens is 346 g/mol. The van der Waals surface area contributed by atoms with Gasteiger partial charge in [-0.05, 0) is 36.1 Å². The van der Waals surface area contributed by atoms with Crippen molar-refractivity contribution >= 4 is 39.6 Å². The molecule has 0 atom stereocenters. The lowest BCUT2D eigenvalue weighted by molar-refractivity contribution is -0.119. The van der Waals surface area contributed by atoms with Crippen molar-refractivity contribution in [3.63, 3.8) is 0 Å². The number of aryl methyl sites for hydroxylation is 1. The van der Waals surface area contributed by atoms with Gasteiger partial charge < -0.3 is 9.73 Å². The molecule has 0 aliphatic carbocycles. The van der Waals surface area contributed by atoms with Crippen LogP contribution in [0, 0.1) is 6.92 Å². The van der Waals surface area contributed by atoms with Crippen LogP contribution in [0.1, 0.15) is 27.9 Å². The topological polar surface area (TPSA) is 84.2 Å². The number of carbonyl (C=O) groups excluding carboxylic acids is 2. The predicted molar refractivity (Wildman–Crippen MR) is 94.3 cm³/mol. The van der Waals surface area contributed by atoms with Crippen molar-refractivity contribution in [2.75, 3.05) is 5.32 Å². The standard InChI is InChI=1S/C16H15N3O3S2/c1-9-5-6-23-14(9)15(21)19-16-18-12(8-24-16)13-4-3-11(22-13)7-17-10(2)20/h3-6,8H,7H2,1-2H3,(H,17,20)(H,18,19,21). The second-order valence-corrected chi connectivity index (χ2v) is 6.87. The molecule has 0 aromatic carbocycles. The van der Waals surface area contributed by atoms with Crippen LogP contribution in [0.5, 0.6) is 0 Å². The van der Waals surface area contributed by atoms with Crippen molar-refractivity contribution in [2.45, 2.75) is 20.4 Å². The van der Waals surface area contributed by atoms with Gasteiger partial charge in [0, 0.05) is 12.3 Å². The quantitative estimate of drug-likeness (QED) is 0.726. The van der Waals surface area contributed by atoms with E-state index >= 15 is 0 Å². The average molecular weight is 361 g/mol. The van der Waals surface area contributed by atoms with Gasteiger partial charge >= 0.3 is 0 Å². The Hall–Kier alpha value is -2.45. The molecule has 0 saturated carbocycles. The van der Waals surface area contributed by atoms with Crippen molar-refractivity contribution in [1.29, 1.82) is 0 Å². The summed E-state index contributed by atoms with van der Waals surface area (Å²) in [6.07, 6.45) is 0. The van der Waals surface area contributed by atoms with Crippen molar-refractivity contribution in [2.24, 2.45) is 0 Å². The van der Waals surface area contributed by atoms with E-state index in [2.05, 4.69) is 15.6 Å². The van der Waals surface area contributed by atoms with E-state index in [1.54, 1.807) is 12.1 Å². The third-order valence-electron chi connectivity index (χ3n) is 3.22. The first-order valence-electron chi connectivity index (χ1n) is 7.17. The van der Waals surface area contributed by atoms with Crippen LogP contribution in [0.15, 0.2) is 33.4 Å². The first-order chi connectivity index (χ1) is 11.5. The first kappa shape index (κ1) is 16.4. The number of nitrogens with zero attached hydrogens (tertiary/aromatic N) is 1. The van der Waals surface area contributed by atoms with Crippen LogP contribution in [0.3, 0.4) is 0 Å². The normalized spacial score (nSPS) is 10.6. The largest absolute Gasteiger partial charge is 0.458 e. The molecule has 3 aromatic rings. The lowest BCUT2D eigenvalue weighted by Gasteiger charge is -2.00. The average Bonchev–Trinajstić information content (AvgIpc) is 3.24. The molecule has 8 heteroatoms. The fourth-order valence-corrected chi connectivity index (χ4v) is 3.54. The number of furan rings is 1. The molecule has 3 rings (SSSR count). The number of rotatable bonds is 5. The summed E-state index contributed by atoms with van der Waals surface area (Å²) >= 11 is 2.74. The van der Waals surface area contributed by atoms with Crippen molar-refractivity contribution in [3.8, 4) is 11.5 Å². The molecule has 0 spiro atoms. The van der Waals surface area contributed by atoms with Gasteiger partial charge in [-0.25, -0.2) is 4.98 Å².